The molecule has 0 aromatic heterocycles. The Hall–Kier alpha value is -3.92. The molecule has 4 aromatic rings. The van der Waals surface area contributed by atoms with Gasteiger partial charge in [0.05, 0.1) is 28.7 Å². The lowest BCUT2D eigenvalue weighted by Gasteiger charge is -2.22. The predicted molar refractivity (Wildman–Crippen MR) is 253 cm³/mol. The summed E-state index contributed by atoms with van der Waals surface area (Å²) < 4.78 is 56.4. The number of rotatable bonds is 17. The fourth-order valence-electron chi connectivity index (χ4n) is 7.22. The van der Waals surface area contributed by atoms with Crippen molar-refractivity contribution < 1.29 is 31.5 Å². The van der Waals surface area contributed by atoms with Crippen LogP contribution in [0, 0.1) is 0 Å². The molecule has 0 saturated heterocycles. The maximum Gasteiger partial charge on any atom is 0.264 e. The first-order chi connectivity index (χ1) is 28.7. The quantitative estimate of drug-likeness (QED) is 0.0942. The Morgan fingerprint density at radius 2 is 0.839 bits per heavy atom. The van der Waals surface area contributed by atoms with E-state index in [0.717, 1.165) is 54.5 Å². The van der Waals surface area contributed by atoms with Crippen LogP contribution in [0.1, 0.15) is 142 Å². The van der Waals surface area contributed by atoms with Crippen molar-refractivity contribution in [2.75, 3.05) is 28.2 Å². The number of halogens is 1. The van der Waals surface area contributed by atoms with Crippen LogP contribution in [0.2, 0.25) is 0 Å². The van der Waals surface area contributed by atoms with Crippen LogP contribution in [0.15, 0.2) is 87.1 Å². The lowest BCUT2D eigenvalue weighted by Crippen LogP contribution is -2.32. The molecule has 0 spiro atoms. The smallest absolute Gasteiger partial charge is 0.264 e. The van der Waals surface area contributed by atoms with E-state index in [4.69, 9.17) is 0 Å². The second kappa shape index (κ2) is 22.6. The Balaban J connectivity index is 0.000000331. The molecule has 14 heteroatoms. The van der Waals surface area contributed by atoms with Crippen molar-refractivity contribution >= 4 is 47.8 Å². The van der Waals surface area contributed by atoms with Crippen LogP contribution in [-0.2, 0) is 55.6 Å². The lowest BCUT2D eigenvalue weighted by molar-refractivity contribution is -0.119. The largest absolute Gasteiger partial charge is 0.389 e. The number of hydrogen-bond donors (Lipinski definition) is 3. The van der Waals surface area contributed by atoms with Gasteiger partial charge in [0.15, 0.2) is 0 Å². The van der Waals surface area contributed by atoms with Crippen LogP contribution in [0.5, 0.6) is 0 Å². The summed E-state index contributed by atoms with van der Waals surface area (Å²) in [4.78, 5) is 29.7. The van der Waals surface area contributed by atoms with Crippen LogP contribution in [0.3, 0.4) is 0 Å². The van der Waals surface area contributed by atoms with Gasteiger partial charge in [0.2, 0.25) is 11.8 Å². The predicted octanol–water partition coefficient (Wildman–Crippen LogP) is 8.90. The van der Waals surface area contributed by atoms with Crippen LogP contribution >= 0.6 is 15.9 Å². The Kier molecular flexibility index (Phi) is 19.1. The SMILES string of the molecule is CC(C)c1cc(Br)cc(C(C)C)c1CC(=O)NS(=O)(=O)c1ccc(CN(C)C)cc1.CC(C)c1cc(C(C)O)cc(C(C)C)c1CC(=O)NS(=O)(=O)c1ccc(CN(C)C)cc1. The summed E-state index contributed by atoms with van der Waals surface area (Å²) in [6, 6.07) is 21.0. The molecule has 0 saturated carbocycles. The van der Waals surface area contributed by atoms with Gasteiger partial charge < -0.3 is 14.9 Å². The van der Waals surface area contributed by atoms with Crippen LogP contribution in [0.25, 0.3) is 0 Å². The molecule has 0 aliphatic carbocycles. The number of carbonyl (C=O) groups excluding carboxylic acids is 2. The van der Waals surface area contributed by atoms with Gasteiger partial charge in [0.1, 0.15) is 0 Å². The number of aliphatic hydroxyl groups excluding tert-OH is 1. The van der Waals surface area contributed by atoms with E-state index < -0.39 is 38.0 Å². The third kappa shape index (κ3) is 15.1. The van der Waals surface area contributed by atoms with Crippen molar-refractivity contribution in [2.24, 2.45) is 0 Å². The summed E-state index contributed by atoms with van der Waals surface area (Å²) in [5, 5.41) is 10.1. The lowest BCUT2D eigenvalue weighted by atomic mass is 9.84. The highest BCUT2D eigenvalue weighted by Crippen LogP contribution is 2.33. The fourth-order valence-corrected chi connectivity index (χ4v) is 9.68. The van der Waals surface area contributed by atoms with Crippen molar-refractivity contribution in [1.29, 1.82) is 0 Å². The van der Waals surface area contributed by atoms with Gasteiger partial charge in [-0.2, -0.15) is 0 Å². The monoisotopic (exact) mass is 954 g/mol. The highest BCUT2D eigenvalue weighted by molar-refractivity contribution is 9.10. The second-order valence-corrected chi connectivity index (χ2v) is 22.0. The normalized spacial score (nSPS) is 12.6. The standard InChI is InChI=1S/C25H36N2O4S.C23H31BrN2O3S/c1-16(2)22-12-20(18(5)28)13-23(17(3)4)24(22)14-25(29)26-32(30,31)21-10-8-19(9-11-21)15-27(6)7;1-15(2)20-11-18(24)12-21(16(3)4)22(20)13-23(27)25-30(28,29)19-9-7-17(8-10-19)14-26(5)6/h8-13,16-18,28H,14-15H2,1-7H3,(H,26,29);7-12,15-16H,13-14H2,1-6H3,(H,25,27). The van der Waals surface area contributed by atoms with Crippen molar-refractivity contribution in [1.82, 2.24) is 19.2 Å². The van der Waals surface area contributed by atoms with Gasteiger partial charge in [-0.15, -0.1) is 0 Å². The second-order valence-electron chi connectivity index (χ2n) is 17.7. The summed E-state index contributed by atoms with van der Waals surface area (Å²) in [5.74, 6) is -0.438. The van der Waals surface area contributed by atoms with Crippen LogP contribution < -0.4 is 9.44 Å². The molecule has 1 atom stereocenters. The van der Waals surface area contributed by atoms with E-state index in [1.165, 1.54) is 24.3 Å². The van der Waals surface area contributed by atoms with Gasteiger partial charge in [-0.05, 0) is 145 Å². The Morgan fingerprint density at radius 1 is 0.548 bits per heavy atom. The fraction of sp³-hybridized carbons (Fsp3) is 0.458. The molecule has 2 amide bonds. The zero-order valence-electron chi connectivity index (χ0n) is 38.6. The average molecular weight is 956 g/mol. The van der Waals surface area contributed by atoms with Crippen molar-refractivity contribution in [3.05, 3.63) is 127 Å². The molecule has 62 heavy (non-hydrogen) atoms. The third-order valence-electron chi connectivity index (χ3n) is 10.2. The first kappa shape index (κ1) is 52.4. The van der Waals surface area contributed by atoms with E-state index in [-0.39, 0.29) is 46.3 Å². The summed E-state index contributed by atoms with van der Waals surface area (Å²) in [5.41, 5.74) is 8.52. The minimum absolute atomic E-state index is 0.0201. The Morgan fingerprint density at radius 3 is 1.10 bits per heavy atom. The van der Waals surface area contributed by atoms with Crippen molar-refractivity contribution in [3.63, 3.8) is 0 Å². The minimum Gasteiger partial charge on any atom is -0.389 e. The minimum atomic E-state index is -3.97. The van der Waals surface area contributed by atoms with E-state index in [1.807, 2.05) is 90.0 Å². The van der Waals surface area contributed by atoms with Gasteiger partial charge in [0.25, 0.3) is 20.0 Å². The molecule has 340 valence electrons. The number of amides is 2. The zero-order chi connectivity index (χ0) is 46.9. The van der Waals surface area contributed by atoms with E-state index in [1.54, 1.807) is 31.2 Å². The number of nitrogens with one attached hydrogen (secondary N) is 2. The molecule has 0 fully saturated rings. The maximum absolute atomic E-state index is 12.8. The van der Waals surface area contributed by atoms with Crippen molar-refractivity contribution in [2.45, 2.75) is 128 Å². The molecule has 11 nitrogen and oxygen atoms in total. The van der Waals surface area contributed by atoms with Crippen LogP contribution in [0.4, 0.5) is 0 Å². The molecule has 3 N–H and O–H groups in total. The molecule has 0 aliphatic rings. The van der Waals surface area contributed by atoms with Crippen LogP contribution in [-0.4, -0.2) is 71.7 Å². The summed E-state index contributed by atoms with van der Waals surface area (Å²) in [7, 11) is -0.111. The highest BCUT2D eigenvalue weighted by atomic mass is 79.9. The van der Waals surface area contributed by atoms with Gasteiger partial charge >= 0.3 is 0 Å². The first-order valence-corrected chi connectivity index (χ1v) is 24.7. The molecule has 0 radical (unpaired) electrons. The molecule has 0 heterocycles. The highest BCUT2D eigenvalue weighted by Gasteiger charge is 2.24. The molecular formula is C48H67BrN4O7S2. The number of aliphatic hydroxyl groups is 1. The number of hydrogen-bond acceptors (Lipinski definition) is 9. The third-order valence-corrected chi connectivity index (χ3v) is 13.5. The van der Waals surface area contributed by atoms with Gasteiger partial charge in [0, 0.05) is 17.6 Å². The molecule has 4 aromatic carbocycles. The molecular weight excluding hydrogens is 889 g/mol. The molecule has 0 bridgehead atoms. The van der Waals surface area contributed by atoms with E-state index in [0.29, 0.717) is 13.1 Å². The summed E-state index contributed by atoms with van der Waals surface area (Å²) in [6.45, 7) is 19.5. The first-order valence-electron chi connectivity index (χ1n) is 21.0. The van der Waals surface area contributed by atoms with Gasteiger partial charge in [-0.25, -0.2) is 26.3 Å². The number of carbonyl (C=O) groups is 2. The number of sulfonamides is 2. The molecule has 0 aliphatic heterocycles. The maximum atomic E-state index is 12.8. The summed E-state index contributed by atoms with van der Waals surface area (Å²) >= 11 is 3.55. The van der Waals surface area contributed by atoms with Gasteiger partial charge in [-0.1, -0.05) is 108 Å². The number of benzene rings is 4. The number of nitrogens with zero attached hydrogens (tertiary/aromatic N) is 2. The van der Waals surface area contributed by atoms with E-state index in [2.05, 4.69) is 53.1 Å². The van der Waals surface area contributed by atoms with Gasteiger partial charge in [-0.3, -0.25) is 9.59 Å². The van der Waals surface area contributed by atoms with E-state index in [9.17, 15) is 31.5 Å². The topological polar surface area (TPSA) is 153 Å². The van der Waals surface area contributed by atoms with E-state index >= 15 is 0 Å². The summed E-state index contributed by atoms with van der Waals surface area (Å²) in [6.07, 6.45) is -0.644. The van der Waals surface area contributed by atoms with Crippen molar-refractivity contribution in [3.8, 4) is 0 Å². The Labute approximate surface area is 379 Å². The molecule has 4 rings (SSSR count). The average Bonchev–Trinajstić information content (AvgIpc) is 3.14. The zero-order valence-corrected chi connectivity index (χ0v) is 41.8. The molecule has 1 unspecified atom stereocenters. The Bertz CT molecular complexity index is 2320.